The van der Waals surface area contributed by atoms with Crippen molar-refractivity contribution in [2.24, 2.45) is 0 Å². The van der Waals surface area contributed by atoms with Gasteiger partial charge in [0.05, 0.1) is 18.8 Å². The van der Waals surface area contributed by atoms with Crippen LogP contribution in [0.4, 0.5) is 0 Å². The van der Waals surface area contributed by atoms with E-state index in [1.807, 2.05) is 30.0 Å². The van der Waals surface area contributed by atoms with Gasteiger partial charge in [-0.3, -0.25) is 9.78 Å². The minimum Gasteiger partial charge on any atom is -0.456 e. The van der Waals surface area contributed by atoms with Crippen LogP contribution in [0.25, 0.3) is 0 Å². The van der Waals surface area contributed by atoms with Gasteiger partial charge >= 0.3 is 0 Å². The summed E-state index contributed by atoms with van der Waals surface area (Å²) < 4.78 is 11.4. The molecule has 0 spiro atoms. The van der Waals surface area contributed by atoms with Gasteiger partial charge in [0.25, 0.3) is 5.91 Å². The number of carbonyl (C=O) groups is 1. The topological polar surface area (TPSA) is 55.6 Å². The van der Waals surface area contributed by atoms with Crippen molar-refractivity contribution in [1.82, 2.24) is 9.88 Å². The van der Waals surface area contributed by atoms with Gasteiger partial charge < -0.3 is 14.1 Å². The second-order valence-corrected chi connectivity index (χ2v) is 5.98. The number of aromatic nitrogens is 1. The number of likely N-dealkylation sites (tertiary alicyclic amines) is 1. The Balaban J connectivity index is 1.80. The van der Waals surface area contributed by atoms with Crippen LogP contribution >= 0.6 is 0 Å². The van der Waals surface area contributed by atoms with Crippen molar-refractivity contribution < 1.29 is 13.9 Å². The van der Waals surface area contributed by atoms with E-state index >= 15 is 0 Å². The molecule has 1 aliphatic rings. The highest BCUT2D eigenvalue weighted by Gasteiger charge is 2.38. The number of nitrogens with zero attached hydrogens (tertiary/aromatic N) is 2. The molecule has 5 nitrogen and oxygen atoms in total. The van der Waals surface area contributed by atoms with Crippen molar-refractivity contribution >= 4 is 5.91 Å². The van der Waals surface area contributed by atoms with Crippen molar-refractivity contribution in [3.05, 3.63) is 66.4 Å². The lowest BCUT2D eigenvalue weighted by Crippen LogP contribution is -2.41. The van der Waals surface area contributed by atoms with Crippen molar-refractivity contribution in [2.75, 3.05) is 13.2 Å². The predicted molar refractivity (Wildman–Crippen MR) is 90.8 cm³/mol. The number of pyridine rings is 1. The summed E-state index contributed by atoms with van der Waals surface area (Å²) in [5, 5.41) is 0. The SMILES string of the molecule is C=CCO[C@@H]1CCN(C(=O)c2ccc(C)o2)[C@H]1Cc1ccncc1. The normalized spacial score (nSPS) is 20.3. The molecule has 0 bridgehead atoms. The Bertz CT molecular complexity index is 696. The molecule has 3 heterocycles. The maximum atomic E-state index is 12.8. The van der Waals surface area contributed by atoms with Crippen LogP contribution in [0.5, 0.6) is 0 Å². The van der Waals surface area contributed by atoms with E-state index in [1.54, 1.807) is 24.5 Å². The molecule has 1 saturated heterocycles. The highest BCUT2D eigenvalue weighted by Crippen LogP contribution is 2.26. The number of rotatable bonds is 6. The van der Waals surface area contributed by atoms with E-state index in [1.165, 1.54) is 0 Å². The largest absolute Gasteiger partial charge is 0.456 e. The first-order valence-corrected chi connectivity index (χ1v) is 8.18. The van der Waals surface area contributed by atoms with Gasteiger partial charge in [0.2, 0.25) is 0 Å². The molecule has 2 atom stereocenters. The first-order chi connectivity index (χ1) is 11.7. The summed E-state index contributed by atoms with van der Waals surface area (Å²) in [7, 11) is 0. The molecule has 0 aliphatic carbocycles. The van der Waals surface area contributed by atoms with Crippen molar-refractivity contribution in [3.8, 4) is 0 Å². The van der Waals surface area contributed by atoms with E-state index in [0.29, 0.717) is 18.9 Å². The Labute approximate surface area is 141 Å². The summed E-state index contributed by atoms with van der Waals surface area (Å²) in [6.45, 7) is 6.69. The quantitative estimate of drug-likeness (QED) is 0.766. The molecule has 0 unspecified atom stereocenters. The first kappa shape index (κ1) is 16.5. The second kappa shape index (κ2) is 7.45. The van der Waals surface area contributed by atoms with Crippen molar-refractivity contribution in [3.63, 3.8) is 0 Å². The van der Waals surface area contributed by atoms with E-state index < -0.39 is 0 Å². The molecule has 1 fully saturated rings. The summed E-state index contributed by atoms with van der Waals surface area (Å²) in [6.07, 6.45) is 6.82. The highest BCUT2D eigenvalue weighted by molar-refractivity contribution is 5.92. The van der Waals surface area contributed by atoms with Crippen LogP contribution in [0.3, 0.4) is 0 Å². The van der Waals surface area contributed by atoms with Gasteiger partial charge in [-0.1, -0.05) is 6.08 Å². The standard InChI is InChI=1S/C19H22N2O3/c1-3-12-23-17-8-11-21(19(22)18-5-4-14(2)24-18)16(17)13-15-6-9-20-10-7-15/h3-7,9-10,16-17H,1,8,11-13H2,2H3/t16-,17+/m0/s1. The van der Waals surface area contributed by atoms with Gasteiger partial charge in [-0.05, 0) is 49.6 Å². The van der Waals surface area contributed by atoms with E-state index in [9.17, 15) is 4.79 Å². The number of aryl methyl sites for hydroxylation is 1. The van der Waals surface area contributed by atoms with Gasteiger partial charge in [0, 0.05) is 18.9 Å². The Hall–Kier alpha value is -2.40. The van der Waals surface area contributed by atoms with Crippen LogP contribution in [-0.4, -0.2) is 41.1 Å². The average molecular weight is 326 g/mol. The molecular formula is C19H22N2O3. The third kappa shape index (κ3) is 3.57. The molecule has 24 heavy (non-hydrogen) atoms. The zero-order chi connectivity index (χ0) is 16.9. The number of carbonyl (C=O) groups excluding carboxylic acids is 1. The maximum absolute atomic E-state index is 12.8. The van der Waals surface area contributed by atoms with Gasteiger partial charge in [0.15, 0.2) is 5.76 Å². The summed E-state index contributed by atoms with van der Waals surface area (Å²) in [6, 6.07) is 7.47. The molecule has 2 aromatic rings. The third-order valence-electron chi connectivity index (χ3n) is 4.32. The molecule has 0 radical (unpaired) electrons. The lowest BCUT2D eigenvalue weighted by atomic mass is 10.0. The molecule has 2 aromatic heterocycles. The van der Waals surface area contributed by atoms with Gasteiger partial charge in [0.1, 0.15) is 5.76 Å². The van der Waals surface area contributed by atoms with Crippen molar-refractivity contribution in [1.29, 1.82) is 0 Å². The zero-order valence-electron chi connectivity index (χ0n) is 13.9. The molecule has 5 heteroatoms. The Kier molecular flexibility index (Phi) is 5.11. The Morgan fingerprint density at radius 2 is 2.21 bits per heavy atom. The van der Waals surface area contributed by atoms with Gasteiger partial charge in [-0.2, -0.15) is 0 Å². The monoisotopic (exact) mass is 326 g/mol. The van der Waals surface area contributed by atoms with Gasteiger partial charge in [-0.15, -0.1) is 6.58 Å². The Morgan fingerprint density at radius 1 is 1.42 bits per heavy atom. The lowest BCUT2D eigenvalue weighted by molar-refractivity contribution is 0.0365. The minimum absolute atomic E-state index is 0.00354. The van der Waals surface area contributed by atoms with Crippen LogP contribution < -0.4 is 0 Å². The molecule has 3 rings (SSSR count). The number of hydrogen-bond acceptors (Lipinski definition) is 4. The lowest BCUT2D eigenvalue weighted by Gasteiger charge is -2.27. The number of furan rings is 1. The molecule has 126 valence electrons. The average Bonchev–Trinajstić information content (AvgIpc) is 3.20. The second-order valence-electron chi connectivity index (χ2n) is 5.98. The van der Waals surface area contributed by atoms with Crippen LogP contribution in [0.1, 0.15) is 28.3 Å². The van der Waals surface area contributed by atoms with Crippen LogP contribution in [-0.2, 0) is 11.2 Å². The van der Waals surface area contributed by atoms with E-state index in [0.717, 1.165) is 24.2 Å². The summed E-state index contributed by atoms with van der Waals surface area (Å²) >= 11 is 0. The number of hydrogen-bond donors (Lipinski definition) is 0. The smallest absolute Gasteiger partial charge is 0.289 e. The third-order valence-corrected chi connectivity index (χ3v) is 4.32. The maximum Gasteiger partial charge on any atom is 0.289 e. The number of amides is 1. The molecular weight excluding hydrogens is 304 g/mol. The summed E-state index contributed by atoms with van der Waals surface area (Å²) in [5.74, 6) is 1.05. The summed E-state index contributed by atoms with van der Waals surface area (Å²) in [5.41, 5.74) is 1.14. The van der Waals surface area contributed by atoms with E-state index in [4.69, 9.17) is 9.15 Å². The van der Waals surface area contributed by atoms with E-state index in [-0.39, 0.29) is 18.1 Å². The summed E-state index contributed by atoms with van der Waals surface area (Å²) in [4.78, 5) is 18.7. The van der Waals surface area contributed by atoms with Gasteiger partial charge in [-0.25, -0.2) is 0 Å². The molecule has 0 aromatic carbocycles. The fraction of sp³-hybridized carbons (Fsp3) is 0.368. The Morgan fingerprint density at radius 3 is 2.88 bits per heavy atom. The van der Waals surface area contributed by atoms with Crippen LogP contribution in [0.2, 0.25) is 0 Å². The molecule has 0 saturated carbocycles. The van der Waals surface area contributed by atoms with Crippen LogP contribution in [0, 0.1) is 6.92 Å². The minimum atomic E-state index is -0.0770. The molecule has 1 aliphatic heterocycles. The highest BCUT2D eigenvalue weighted by atomic mass is 16.5. The fourth-order valence-electron chi connectivity index (χ4n) is 3.16. The van der Waals surface area contributed by atoms with Crippen molar-refractivity contribution in [2.45, 2.75) is 31.9 Å². The predicted octanol–water partition coefficient (Wildman–Crippen LogP) is 3.01. The fourth-order valence-corrected chi connectivity index (χ4v) is 3.16. The van der Waals surface area contributed by atoms with E-state index in [2.05, 4.69) is 11.6 Å². The molecule has 1 amide bonds. The van der Waals surface area contributed by atoms with Crippen LogP contribution in [0.15, 0.2) is 53.7 Å². The number of ether oxygens (including phenoxy) is 1. The first-order valence-electron chi connectivity index (χ1n) is 8.18. The zero-order valence-corrected chi connectivity index (χ0v) is 13.9. The molecule has 0 N–H and O–H groups in total.